The molecule has 2 aromatic carbocycles. The van der Waals surface area contributed by atoms with Crippen molar-refractivity contribution < 1.29 is 0 Å². The molecule has 0 N–H and O–H groups in total. The maximum atomic E-state index is 6.23. The Bertz CT molecular complexity index is 812. The lowest BCUT2D eigenvalue weighted by Gasteiger charge is -2.07. The minimum Gasteiger partial charge on any atom is -0.310 e. The van der Waals surface area contributed by atoms with Crippen LogP contribution in [0.5, 0.6) is 0 Å². The molecule has 0 radical (unpaired) electrons. The van der Waals surface area contributed by atoms with Crippen LogP contribution in [0.2, 0.25) is 15.1 Å². The van der Waals surface area contributed by atoms with E-state index in [4.69, 9.17) is 34.8 Å². The summed E-state index contributed by atoms with van der Waals surface area (Å²) in [5.74, 6) is 1.34. The summed E-state index contributed by atoms with van der Waals surface area (Å²) in [7, 11) is 1.87. The lowest BCUT2D eigenvalue weighted by molar-refractivity contribution is 0.930. The number of halogens is 3. The fourth-order valence-electron chi connectivity index (χ4n) is 2.11. The molecule has 0 aliphatic carbocycles. The molecule has 21 heavy (non-hydrogen) atoms. The van der Waals surface area contributed by atoms with Crippen molar-refractivity contribution in [3.63, 3.8) is 0 Å². The van der Waals surface area contributed by atoms with Crippen molar-refractivity contribution in [2.24, 2.45) is 7.05 Å². The zero-order valence-corrected chi connectivity index (χ0v) is 13.3. The van der Waals surface area contributed by atoms with Crippen LogP contribution in [0.1, 0.15) is 0 Å². The van der Waals surface area contributed by atoms with E-state index in [-0.39, 0.29) is 0 Å². The van der Waals surface area contributed by atoms with Gasteiger partial charge in [0.25, 0.3) is 0 Å². The van der Waals surface area contributed by atoms with Crippen LogP contribution in [0.3, 0.4) is 0 Å². The van der Waals surface area contributed by atoms with Crippen molar-refractivity contribution in [1.82, 2.24) is 14.8 Å². The molecule has 3 nitrogen and oxygen atoms in total. The Balaban J connectivity index is 2.14. The summed E-state index contributed by atoms with van der Waals surface area (Å²) in [5.41, 5.74) is 1.60. The highest BCUT2D eigenvalue weighted by Crippen LogP contribution is 2.32. The second-order valence-electron chi connectivity index (χ2n) is 4.51. The highest BCUT2D eigenvalue weighted by atomic mass is 35.5. The zero-order chi connectivity index (χ0) is 15.0. The van der Waals surface area contributed by atoms with E-state index in [1.54, 1.807) is 12.1 Å². The van der Waals surface area contributed by atoms with Crippen molar-refractivity contribution in [2.75, 3.05) is 0 Å². The van der Waals surface area contributed by atoms with Crippen molar-refractivity contribution in [1.29, 1.82) is 0 Å². The average Bonchev–Trinajstić information content (AvgIpc) is 2.81. The molecule has 0 aliphatic rings. The Morgan fingerprint density at radius 1 is 0.810 bits per heavy atom. The molecule has 0 amide bonds. The normalized spacial score (nSPS) is 10.9. The van der Waals surface area contributed by atoms with Gasteiger partial charge in [0.1, 0.15) is 0 Å². The third-order valence-corrected chi connectivity index (χ3v) is 4.04. The second kappa shape index (κ2) is 5.68. The van der Waals surface area contributed by atoms with Gasteiger partial charge in [0.05, 0.1) is 10.0 Å². The quantitative estimate of drug-likeness (QED) is 0.650. The largest absolute Gasteiger partial charge is 0.310 e. The molecule has 0 aliphatic heterocycles. The van der Waals surface area contributed by atoms with Crippen molar-refractivity contribution in [3.8, 4) is 22.8 Å². The molecule has 3 rings (SSSR count). The third kappa shape index (κ3) is 2.64. The molecule has 0 saturated heterocycles. The van der Waals surface area contributed by atoms with E-state index < -0.39 is 0 Å². The average molecular weight is 339 g/mol. The molecule has 0 atom stereocenters. The van der Waals surface area contributed by atoms with E-state index in [1.165, 1.54) is 0 Å². The number of nitrogens with zero attached hydrogens (tertiary/aromatic N) is 3. The highest BCUT2D eigenvalue weighted by molar-refractivity contribution is 6.36. The fourth-order valence-corrected chi connectivity index (χ4v) is 2.82. The summed E-state index contributed by atoms with van der Waals surface area (Å²) in [5, 5.41) is 10.2. The predicted octanol–water partition coefficient (Wildman–Crippen LogP) is 5.11. The van der Waals surface area contributed by atoms with Gasteiger partial charge >= 0.3 is 0 Å². The summed E-state index contributed by atoms with van der Waals surface area (Å²) >= 11 is 18.4. The first kappa shape index (κ1) is 14.4. The van der Waals surface area contributed by atoms with Gasteiger partial charge in [0.2, 0.25) is 0 Å². The summed E-state index contributed by atoms with van der Waals surface area (Å²) in [6.07, 6.45) is 0. The molecule has 1 heterocycles. The van der Waals surface area contributed by atoms with Gasteiger partial charge in [-0.25, -0.2) is 0 Å². The summed E-state index contributed by atoms with van der Waals surface area (Å²) in [4.78, 5) is 0. The van der Waals surface area contributed by atoms with Crippen LogP contribution < -0.4 is 0 Å². The maximum Gasteiger partial charge on any atom is 0.165 e. The highest BCUT2D eigenvalue weighted by Gasteiger charge is 2.16. The molecule has 0 unspecified atom stereocenters. The van der Waals surface area contributed by atoms with Crippen LogP contribution in [0, 0.1) is 0 Å². The SMILES string of the molecule is Cn1c(-c2ccccc2Cl)nnc1-c1ccc(Cl)cc1Cl. The Kier molecular flexibility index (Phi) is 3.89. The van der Waals surface area contributed by atoms with Crippen LogP contribution in [0.4, 0.5) is 0 Å². The van der Waals surface area contributed by atoms with Crippen LogP contribution in [-0.4, -0.2) is 14.8 Å². The number of benzene rings is 2. The summed E-state index contributed by atoms with van der Waals surface area (Å²) in [6.45, 7) is 0. The molecule has 106 valence electrons. The van der Waals surface area contributed by atoms with Crippen LogP contribution >= 0.6 is 34.8 Å². The molecule has 0 fully saturated rings. The predicted molar refractivity (Wildman–Crippen MR) is 86.9 cm³/mol. The molecule has 0 spiro atoms. The molecule has 6 heteroatoms. The van der Waals surface area contributed by atoms with Gasteiger partial charge in [-0.3, -0.25) is 0 Å². The standard InChI is InChI=1S/C15H10Cl3N3/c1-21-14(10-4-2-3-5-12(10)17)19-20-15(21)11-7-6-9(16)8-13(11)18/h2-8H,1H3. The van der Waals surface area contributed by atoms with Crippen molar-refractivity contribution in [3.05, 3.63) is 57.5 Å². The summed E-state index contributed by atoms with van der Waals surface area (Å²) in [6, 6.07) is 12.8. The minimum absolute atomic E-state index is 0.531. The molecule has 3 aromatic rings. The first-order valence-electron chi connectivity index (χ1n) is 6.17. The van der Waals surface area contributed by atoms with Crippen LogP contribution in [0.25, 0.3) is 22.8 Å². The van der Waals surface area contributed by atoms with Crippen LogP contribution in [-0.2, 0) is 7.05 Å². The fraction of sp³-hybridized carbons (Fsp3) is 0.0667. The van der Waals surface area contributed by atoms with E-state index in [1.807, 2.05) is 41.9 Å². The van der Waals surface area contributed by atoms with Gasteiger partial charge in [0, 0.05) is 23.2 Å². The maximum absolute atomic E-state index is 6.23. The van der Waals surface area contributed by atoms with Gasteiger partial charge in [-0.2, -0.15) is 0 Å². The van der Waals surface area contributed by atoms with E-state index >= 15 is 0 Å². The monoisotopic (exact) mass is 337 g/mol. The smallest absolute Gasteiger partial charge is 0.165 e. The Hall–Kier alpha value is -1.55. The first-order chi connectivity index (χ1) is 10.1. The van der Waals surface area contributed by atoms with E-state index in [0.29, 0.717) is 26.7 Å². The molecule has 0 saturated carbocycles. The minimum atomic E-state index is 0.531. The van der Waals surface area contributed by atoms with Gasteiger partial charge in [0.15, 0.2) is 11.6 Å². The number of aromatic nitrogens is 3. The Morgan fingerprint density at radius 3 is 2.05 bits per heavy atom. The third-order valence-electron chi connectivity index (χ3n) is 3.16. The molecule has 0 bridgehead atoms. The van der Waals surface area contributed by atoms with Crippen molar-refractivity contribution in [2.45, 2.75) is 0 Å². The Labute approximate surface area is 137 Å². The van der Waals surface area contributed by atoms with E-state index in [9.17, 15) is 0 Å². The lowest BCUT2D eigenvalue weighted by Crippen LogP contribution is -1.96. The Morgan fingerprint density at radius 2 is 1.43 bits per heavy atom. The van der Waals surface area contributed by atoms with Gasteiger partial charge in [-0.1, -0.05) is 46.9 Å². The van der Waals surface area contributed by atoms with Crippen LogP contribution in [0.15, 0.2) is 42.5 Å². The van der Waals surface area contributed by atoms with Gasteiger partial charge in [-0.05, 0) is 30.3 Å². The van der Waals surface area contributed by atoms with E-state index in [0.717, 1.165) is 11.1 Å². The summed E-state index contributed by atoms with van der Waals surface area (Å²) < 4.78 is 1.86. The van der Waals surface area contributed by atoms with Gasteiger partial charge < -0.3 is 4.57 Å². The number of hydrogen-bond acceptors (Lipinski definition) is 2. The molecular weight excluding hydrogens is 329 g/mol. The number of rotatable bonds is 2. The van der Waals surface area contributed by atoms with Crippen molar-refractivity contribution >= 4 is 34.8 Å². The molecule has 1 aromatic heterocycles. The van der Waals surface area contributed by atoms with Gasteiger partial charge in [-0.15, -0.1) is 10.2 Å². The first-order valence-corrected chi connectivity index (χ1v) is 7.31. The molecular formula is C15H10Cl3N3. The lowest BCUT2D eigenvalue weighted by atomic mass is 10.2. The van der Waals surface area contributed by atoms with E-state index in [2.05, 4.69) is 10.2 Å². The number of hydrogen-bond donors (Lipinski definition) is 0. The topological polar surface area (TPSA) is 30.7 Å². The zero-order valence-electron chi connectivity index (χ0n) is 11.0. The second-order valence-corrected chi connectivity index (χ2v) is 5.76.